The summed E-state index contributed by atoms with van der Waals surface area (Å²) < 4.78 is 11.1. The zero-order valence-corrected chi connectivity index (χ0v) is 15.8. The van der Waals surface area contributed by atoms with Gasteiger partial charge in [-0.05, 0) is 97.2 Å². The first-order valence-electron chi connectivity index (χ1n) is 9.16. The SMILES string of the molecule is COc1ccc2cc1CCCCCc1cc(ccc1OC)/C(C)=C\2C. The minimum absolute atomic E-state index is 1.01. The van der Waals surface area contributed by atoms with E-state index in [-0.39, 0.29) is 0 Å². The number of ether oxygens (including phenoxy) is 2. The van der Waals surface area contributed by atoms with Gasteiger partial charge in [-0.15, -0.1) is 0 Å². The molecular weight excluding hydrogens is 308 g/mol. The van der Waals surface area contributed by atoms with Crippen LogP contribution >= 0.6 is 0 Å². The van der Waals surface area contributed by atoms with E-state index in [0.29, 0.717) is 0 Å². The fourth-order valence-electron chi connectivity index (χ4n) is 3.66. The van der Waals surface area contributed by atoms with E-state index in [1.165, 1.54) is 52.7 Å². The van der Waals surface area contributed by atoms with Crippen molar-refractivity contribution in [2.45, 2.75) is 46.0 Å². The third-order valence-corrected chi connectivity index (χ3v) is 5.38. The van der Waals surface area contributed by atoms with Crippen LogP contribution in [0.3, 0.4) is 0 Å². The van der Waals surface area contributed by atoms with Crippen molar-refractivity contribution < 1.29 is 9.47 Å². The topological polar surface area (TPSA) is 18.5 Å². The van der Waals surface area contributed by atoms with E-state index in [4.69, 9.17) is 9.47 Å². The molecule has 4 bridgehead atoms. The van der Waals surface area contributed by atoms with Crippen molar-refractivity contribution >= 4 is 11.1 Å². The van der Waals surface area contributed by atoms with Crippen molar-refractivity contribution in [3.8, 4) is 11.5 Å². The van der Waals surface area contributed by atoms with E-state index >= 15 is 0 Å². The Bertz CT molecular complexity index is 721. The Balaban J connectivity index is 2.12. The molecule has 0 aromatic heterocycles. The Morgan fingerprint density at radius 1 is 0.640 bits per heavy atom. The zero-order chi connectivity index (χ0) is 17.8. The van der Waals surface area contributed by atoms with Gasteiger partial charge >= 0.3 is 0 Å². The normalized spacial score (nSPS) is 17.9. The van der Waals surface area contributed by atoms with Gasteiger partial charge in [0.1, 0.15) is 11.5 Å². The van der Waals surface area contributed by atoms with Crippen LogP contribution in [0.1, 0.15) is 55.4 Å². The van der Waals surface area contributed by atoms with Gasteiger partial charge in [0.15, 0.2) is 0 Å². The number of rotatable bonds is 2. The van der Waals surface area contributed by atoms with Crippen LogP contribution in [0.2, 0.25) is 0 Å². The molecule has 2 nitrogen and oxygen atoms in total. The van der Waals surface area contributed by atoms with Gasteiger partial charge in [-0.25, -0.2) is 0 Å². The second kappa shape index (κ2) is 7.77. The van der Waals surface area contributed by atoms with E-state index < -0.39 is 0 Å². The van der Waals surface area contributed by atoms with Gasteiger partial charge < -0.3 is 9.47 Å². The van der Waals surface area contributed by atoms with Crippen LogP contribution < -0.4 is 9.47 Å². The minimum atomic E-state index is 1.01. The summed E-state index contributed by atoms with van der Waals surface area (Å²) in [4.78, 5) is 0. The van der Waals surface area contributed by atoms with Crippen molar-refractivity contribution in [2.75, 3.05) is 14.2 Å². The molecule has 0 unspecified atom stereocenters. The molecule has 0 heterocycles. The Morgan fingerprint density at radius 3 is 1.48 bits per heavy atom. The van der Waals surface area contributed by atoms with Crippen LogP contribution in [0.5, 0.6) is 11.5 Å². The van der Waals surface area contributed by atoms with Crippen LogP contribution in [0, 0.1) is 0 Å². The highest BCUT2D eigenvalue weighted by Crippen LogP contribution is 2.33. The highest BCUT2D eigenvalue weighted by Gasteiger charge is 2.12. The molecule has 0 radical (unpaired) electrons. The van der Waals surface area contributed by atoms with Crippen LogP contribution in [-0.4, -0.2) is 14.2 Å². The number of hydrogen-bond acceptors (Lipinski definition) is 2. The van der Waals surface area contributed by atoms with Gasteiger partial charge in [0, 0.05) is 0 Å². The number of benzene rings is 2. The van der Waals surface area contributed by atoms with Crippen molar-refractivity contribution in [1.82, 2.24) is 0 Å². The van der Waals surface area contributed by atoms with Crippen molar-refractivity contribution in [3.63, 3.8) is 0 Å². The molecule has 1 aliphatic rings. The second-order valence-corrected chi connectivity index (χ2v) is 6.86. The average molecular weight is 336 g/mol. The van der Waals surface area contributed by atoms with Crippen LogP contribution in [0.25, 0.3) is 11.1 Å². The van der Waals surface area contributed by atoms with Crippen molar-refractivity contribution in [3.05, 3.63) is 58.7 Å². The molecule has 0 aliphatic heterocycles. The Hall–Kier alpha value is -2.22. The lowest BCUT2D eigenvalue weighted by atomic mass is 9.94. The summed E-state index contributed by atoms with van der Waals surface area (Å²) in [5, 5.41) is 0. The molecule has 1 aliphatic carbocycles. The summed E-state index contributed by atoms with van der Waals surface area (Å²) in [7, 11) is 3.52. The first-order chi connectivity index (χ1) is 12.1. The first-order valence-corrected chi connectivity index (χ1v) is 9.16. The molecule has 0 N–H and O–H groups in total. The van der Waals surface area contributed by atoms with Gasteiger partial charge in [0.25, 0.3) is 0 Å². The predicted molar refractivity (Wildman–Crippen MR) is 105 cm³/mol. The zero-order valence-electron chi connectivity index (χ0n) is 15.8. The summed E-state index contributed by atoms with van der Waals surface area (Å²) in [6, 6.07) is 13.2. The Kier molecular flexibility index (Phi) is 5.47. The lowest BCUT2D eigenvalue weighted by molar-refractivity contribution is 0.407. The average Bonchev–Trinajstić information content (AvgIpc) is 2.66. The molecule has 0 fully saturated rings. The molecule has 0 saturated heterocycles. The summed E-state index contributed by atoms with van der Waals surface area (Å²) in [5.74, 6) is 2.01. The highest BCUT2D eigenvalue weighted by atomic mass is 16.5. The molecule has 0 saturated carbocycles. The molecule has 2 aromatic carbocycles. The highest BCUT2D eigenvalue weighted by molar-refractivity contribution is 5.89. The fraction of sp³-hybridized carbons (Fsp3) is 0.391. The summed E-state index contributed by atoms with van der Waals surface area (Å²) in [6.07, 6.45) is 5.72. The van der Waals surface area contributed by atoms with Crippen LogP contribution in [0.15, 0.2) is 36.4 Å². The van der Waals surface area contributed by atoms with E-state index in [9.17, 15) is 0 Å². The lowest BCUT2D eigenvalue weighted by Crippen LogP contribution is -1.95. The molecule has 25 heavy (non-hydrogen) atoms. The molecule has 0 spiro atoms. The smallest absolute Gasteiger partial charge is 0.122 e. The summed E-state index contributed by atoms with van der Waals surface area (Å²) in [6.45, 7) is 4.43. The van der Waals surface area contributed by atoms with Crippen molar-refractivity contribution in [1.29, 1.82) is 0 Å². The molecule has 132 valence electrons. The molecule has 2 heteroatoms. The molecule has 2 aromatic rings. The maximum atomic E-state index is 5.57. The predicted octanol–water partition coefficient (Wildman–Crippen LogP) is 5.92. The summed E-state index contributed by atoms with van der Waals surface area (Å²) in [5.41, 5.74) is 7.83. The number of hydrogen-bond donors (Lipinski definition) is 0. The third kappa shape index (κ3) is 3.73. The standard InChI is InChI=1S/C23H28O2/c1-16-17(2)19-11-13-23(25-4)21(15-19)9-7-5-6-8-20-14-18(16)10-12-22(20)24-3/h10-15H,5-9H2,1-4H3/b17-16-. The Labute approximate surface area is 151 Å². The van der Waals surface area contributed by atoms with Gasteiger partial charge in [-0.2, -0.15) is 0 Å². The quantitative estimate of drug-likeness (QED) is 0.677. The van der Waals surface area contributed by atoms with Gasteiger partial charge in [0.05, 0.1) is 14.2 Å². The fourth-order valence-corrected chi connectivity index (χ4v) is 3.66. The summed E-state index contributed by atoms with van der Waals surface area (Å²) >= 11 is 0. The van der Waals surface area contributed by atoms with Crippen LogP contribution in [-0.2, 0) is 12.8 Å². The van der Waals surface area contributed by atoms with E-state index in [2.05, 4.69) is 50.2 Å². The number of allylic oxidation sites excluding steroid dienone is 2. The molecular formula is C23H28O2. The Morgan fingerprint density at radius 2 is 1.08 bits per heavy atom. The van der Waals surface area contributed by atoms with Crippen molar-refractivity contribution in [2.24, 2.45) is 0 Å². The molecule has 0 amide bonds. The van der Waals surface area contributed by atoms with E-state index in [1.54, 1.807) is 14.2 Å². The lowest BCUT2D eigenvalue weighted by Gasteiger charge is -2.14. The van der Waals surface area contributed by atoms with E-state index in [1.807, 2.05) is 0 Å². The monoisotopic (exact) mass is 336 g/mol. The number of fused-ring (bicyclic) bond motifs is 4. The maximum absolute atomic E-state index is 5.57. The number of aryl methyl sites for hydroxylation is 2. The minimum Gasteiger partial charge on any atom is -0.496 e. The maximum Gasteiger partial charge on any atom is 0.122 e. The number of methoxy groups -OCH3 is 2. The first kappa shape index (κ1) is 17.6. The molecule has 0 atom stereocenters. The van der Waals surface area contributed by atoms with Gasteiger partial charge in [0.2, 0.25) is 0 Å². The van der Waals surface area contributed by atoms with E-state index in [0.717, 1.165) is 24.3 Å². The largest absolute Gasteiger partial charge is 0.496 e. The second-order valence-electron chi connectivity index (χ2n) is 6.86. The van der Waals surface area contributed by atoms with Gasteiger partial charge in [-0.3, -0.25) is 0 Å². The third-order valence-electron chi connectivity index (χ3n) is 5.38. The van der Waals surface area contributed by atoms with Gasteiger partial charge in [-0.1, -0.05) is 18.6 Å². The van der Waals surface area contributed by atoms with Crippen LogP contribution in [0.4, 0.5) is 0 Å². The molecule has 3 rings (SSSR count).